The topological polar surface area (TPSA) is 113 Å². The summed E-state index contributed by atoms with van der Waals surface area (Å²) in [6, 6.07) is 0. The smallest absolute Gasteiger partial charge is 0.283 e. The van der Waals surface area contributed by atoms with Crippen LogP contribution in [0.1, 0.15) is 0 Å². The van der Waals surface area contributed by atoms with Crippen LogP contribution in [0.25, 0.3) is 0 Å². The monoisotopic (exact) mass is 220 g/mol. The summed E-state index contributed by atoms with van der Waals surface area (Å²) in [4.78, 5) is 21.7. The lowest BCUT2D eigenvalue weighted by molar-refractivity contribution is 0.485. The molecule has 3 N–H and O–H groups in total. The minimum absolute atomic E-state index is 0.0265. The van der Waals surface area contributed by atoms with E-state index in [4.69, 9.17) is 4.55 Å². The summed E-state index contributed by atoms with van der Waals surface area (Å²) in [7, 11) is -2.78. The minimum Gasteiger partial charge on any atom is -0.383 e. The highest BCUT2D eigenvalue weighted by Crippen LogP contribution is 2.12. The number of rotatable bonds is 4. The molecule has 0 fully saturated rings. The van der Waals surface area contributed by atoms with Crippen LogP contribution in [0.15, 0.2) is 9.59 Å². The Bertz CT molecular complexity index is 510. The van der Waals surface area contributed by atoms with E-state index in [0.717, 1.165) is 0 Å². The fourth-order valence-corrected chi connectivity index (χ4v) is 1.29. The van der Waals surface area contributed by atoms with Crippen molar-refractivity contribution in [3.05, 3.63) is 20.4 Å². The van der Waals surface area contributed by atoms with E-state index in [-0.39, 0.29) is 11.4 Å². The first kappa shape index (κ1) is 10.7. The Labute approximate surface area is 79.2 Å². The molecule has 0 heterocycles. The van der Waals surface area contributed by atoms with Crippen molar-refractivity contribution in [2.75, 3.05) is 23.6 Å². The van der Waals surface area contributed by atoms with E-state index >= 15 is 0 Å². The molecule has 0 aliphatic rings. The van der Waals surface area contributed by atoms with Crippen molar-refractivity contribution in [1.29, 1.82) is 0 Å². The highest BCUT2D eigenvalue weighted by Gasteiger charge is 2.20. The van der Waals surface area contributed by atoms with Crippen LogP contribution in [0.2, 0.25) is 0 Å². The van der Waals surface area contributed by atoms with Gasteiger partial charge >= 0.3 is 0 Å². The Morgan fingerprint density at radius 2 is 1.71 bits per heavy atom. The molecule has 1 aromatic carbocycles. The average Bonchev–Trinajstić information content (AvgIpc) is 2.08. The second-order valence-corrected chi connectivity index (χ2v) is 4.01. The van der Waals surface area contributed by atoms with E-state index in [1.165, 1.54) is 7.05 Å². The fraction of sp³-hybridized carbons (Fsp3) is 0.333. The van der Waals surface area contributed by atoms with Gasteiger partial charge < -0.3 is 10.6 Å². The first-order valence-electron chi connectivity index (χ1n) is 3.57. The predicted molar refractivity (Wildman–Crippen MR) is 50.9 cm³/mol. The molecule has 8 heteroatoms. The third-order valence-corrected chi connectivity index (χ3v) is 2.10. The van der Waals surface area contributed by atoms with E-state index < -0.39 is 26.9 Å². The lowest BCUT2D eigenvalue weighted by Crippen LogP contribution is -2.37. The average molecular weight is 220 g/mol. The number of hydrogen-bond acceptors (Lipinski definition) is 6. The summed E-state index contributed by atoms with van der Waals surface area (Å²) in [5.41, 5.74) is -1.59. The molecule has 0 saturated heterocycles. The molecular formula is C6H8N2O5S. The van der Waals surface area contributed by atoms with Gasteiger partial charge in [0, 0.05) is 7.05 Å². The summed E-state index contributed by atoms with van der Waals surface area (Å²) in [5.74, 6) is -0.799. The lowest BCUT2D eigenvalue weighted by atomic mass is 10.2. The zero-order valence-electron chi connectivity index (χ0n) is 7.20. The van der Waals surface area contributed by atoms with Crippen LogP contribution in [0.3, 0.4) is 0 Å². The van der Waals surface area contributed by atoms with Crippen LogP contribution in [0.5, 0.6) is 0 Å². The molecule has 0 unspecified atom stereocenters. The third kappa shape index (κ3) is 1.91. The lowest BCUT2D eigenvalue weighted by Gasteiger charge is -2.10. The normalized spacial score (nSPS) is 11.6. The number of anilines is 2. The quantitative estimate of drug-likeness (QED) is 0.421. The van der Waals surface area contributed by atoms with Crippen molar-refractivity contribution >= 4 is 21.5 Å². The molecule has 0 bridgehead atoms. The summed E-state index contributed by atoms with van der Waals surface area (Å²) < 4.78 is 29.0. The van der Waals surface area contributed by atoms with Crippen molar-refractivity contribution in [2.45, 2.75) is 0 Å². The second-order valence-electron chi connectivity index (χ2n) is 2.56. The molecule has 0 radical (unpaired) electrons. The maximum Gasteiger partial charge on any atom is 0.283 e. The van der Waals surface area contributed by atoms with Crippen molar-refractivity contribution in [3.63, 3.8) is 0 Å². The van der Waals surface area contributed by atoms with Crippen LogP contribution >= 0.6 is 0 Å². The first-order valence-corrected chi connectivity index (χ1v) is 5.18. The van der Waals surface area contributed by atoms with Crippen molar-refractivity contribution in [2.24, 2.45) is 0 Å². The largest absolute Gasteiger partial charge is 0.383 e. The molecule has 0 saturated carbocycles. The Kier molecular flexibility index (Phi) is 2.58. The van der Waals surface area contributed by atoms with E-state index in [2.05, 4.69) is 10.6 Å². The molecule has 14 heavy (non-hydrogen) atoms. The van der Waals surface area contributed by atoms with Gasteiger partial charge in [-0.1, -0.05) is 0 Å². The van der Waals surface area contributed by atoms with Gasteiger partial charge in [-0.05, 0) is 0 Å². The summed E-state index contributed by atoms with van der Waals surface area (Å²) in [5, 5.41) is 4.59. The molecule has 7 nitrogen and oxygen atoms in total. The van der Waals surface area contributed by atoms with Crippen LogP contribution in [0.4, 0.5) is 11.4 Å². The third-order valence-electron chi connectivity index (χ3n) is 1.59. The molecular weight excluding hydrogens is 212 g/mol. The van der Waals surface area contributed by atoms with Gasteiger partial charge in [0.05, 0.1) is 0 Å². The minimum atomic E-state index is -4.20. The Balaban J connectivity index is 2.85. The fourth-order valence-electron chi connectivity index (χ4n) is 0.962. The maximum absolute atomic E-state index is 10.9. The molecule has 0 atom stereocenters. The van der Waals surface area contributed by atoms with Gasteiger partial charge in [0.2, 0.25) is 0 Å². The Hall–Kier alpha value is -1.41. The zero-order valence-corrected chi connectivity index (χ0v) is 8.01. The molecule has 1 rings (SSSR count). The van der Waals surface area contributed by atoms with Gasteiger partial charge in [0.15, 0.2) is 0 Å². The number of nitrogens with one attached hydrogen (secondary N) is 2. The molecule has 0 amide bonds. The Morgan fingerprint density at radius 1 is 1.21 bits per heavy atom. The standard InChI is InChI=1S/C6H8N2O5S/c1-7-3-4(6(10)5(3)9)8-2-14(11,12)13/h7-8H,2H2,1H3,(H,11,12,13). The zero-order chi connectivity index (χ0) is 10.9. The van der Waals surface area contributed by atoms with Gasteiger partial charge in [0.25, 0.3) is 21.0 Å². The van der Waals surface area contributed by atoms with Crippen molar-refractivity contribution in [1.82, 2.24) is 0 Å². The van der Waals surface area contributed by atoms with E-state index in [1.807, 2.05) is 0 Å². The predicted octanol–water partition coefficient (Wildman–Crippen LogP) is -1.42. The van der Waals surface area contributed by atoms with Gasteiger partial charge in [-0.25, -0.2) is 0 Å². The highest BCUT2D eigenvalue weighted by atomic mass is 32.2. The first-order chi connectivity index (χ1) is 6.37. The molecule has 0 aliphatic carbocycles. The molecule has 1 aromatic rings. The van der Waals surface area contributed by atoms with Crippen molar-refractivity contribution in [3.8, 4) is 0 Å². The van der Waals surface area contributed by atoms with Crippen LogP contribution < -0.4 is 21.5 Å². The van der Waals surface area contributed by atoms with Crippen LogP contribution in [-0.4, -0.2) is 25.9 Å². The molecule has 0 spiro atoms. The Morgan fingerprint density at radius 3 is 2.14 bits per heavy atom. The van der Waals surface area contributed by atoms with Gasteiger partial charge in [-0.15, -0.1) is 0 Å². The molecule has 0 aromatic heterocycles. The molecule has 78 valence electrons. The molecule has 0 aliphatic heterocycles. The van der Waals surface area contributed by atoms with E-state index in [0.29, 0.717) is 0 Å². The van der Waals surface area contributed by atoms with Crippen LogP contribution in [0, 0.1) is 0 Å². The summed E-state index contributed by atoms with van der Waals surface area (Å²) >= 11 is 0. The highest BCUT2D eigenvalue weighted by molar-refractivity contribution is 7.85. The second kappa shape index (κ2) is 3.39. The summed E-state index contributed by atoms with van der Waals surface area (Å²) in [6.45, 7) is 0. The van der Waals surface area contributed by atoms with Crippen LogP contribution in [-0.2, 0) is 10.1 Å². The SMILES string of the molecule is CNc1c(NCS(=O)(=O)O)c(=O)c1=O. The maximum atomic E-state index is 10.9. The van der Waals surface area contributed by atoms with Gasteiger partial charge in [-0.2, -0.15) is 8.42 Å². The van der Waals surface area contributed by atoms with E-state index in [1.54, 1.807) is 0 Å². The van der Waals surface area contributed by atoms with Gasteiger partial charge in [0.1, 0.15) is 17.3 Å². The number of hydrogen-bond donors (Lipinski definition) is 3. The van der Waals surface area contributed by atoms with E-state index in [9.17, 15) is 18.0 Å². The van der Waals surface area contributed by atoms with Crippen molar-refractivity contribution < 1.29 is 13.0 Å². The summed E-state index contributed by atoms with van der Waals surface area (Å²) in [6.07, 6.45) is 0. The van der Waals surface area contributed by atoms with Gasteiger partial charge in [-0.3, -0.25) is 14.1 Å².